The van der Waals surface area contributed by atoms with Crippen molar-refractivity contribution in [2.75, 3.05) is 31.1 Å². The fourth-order valence-corrected chi connectivity index (χ4v) is 3.45. The summed E-state index contributed by atoms with van der Waals surface area (Å²) in [5.74, 6) is 0.637. The zero-order chi connectivity index (χ0) is 18.8. The van der Waals surface area contributed by atoms with E-state index in [0.717, 1.165) is 13.1 Å². The Hall–Kier alpha value is -3.26. The van der Waals surface area contributed by atoms with E-state index < -0.39 is 0 Å². The van der Waals surface area contributed by atoms with Gasteiger partial charge in [0, 0.05) is 32.2 Å². The summed E-state index contributed by atoms with van der Waals surface area (Å²) in [5.41, 5.74) is 1.34. The monoisotopic (exact) mass is 365 g/mol. The van der Waals surface area contributed by atoms with Gasteiger partial charge in [-0.15, -0.1) is 0 Å². The van der Waals surface area contributed by atoms with E-state index in [4.69, 9.17) is 0 Å². The molecule has 0 amide bonds. The number of nitro groups is 1. The molecule has 0 spiro atoms. The van der Waals surface area contributed by atoms with Crippen LogP contribution in [0.1, 0.15) is 5.82 Å². The standard InChI is InChI=1S/C19H19N5O3/c25-19-14-5-1-2-6-15(14)20-18(21-19)13-22-9-11-23(12-10-22)16-7-3-4-8-17(16)24(26)27/h1-8H,9-13H2,(H,20,21,25). The lowest BCUT2D eigenvalue weighted by atomic mass is 10.2. The van der Waals surface area contributed by atoms with Gasteiger partial charge in [0.25, 0.3) is 11.2 Å². The van der Waals surface area contributed by atoms with Crippen LogP contribution in [0.15, 0.2) is 53.3 Å². The molecule has 0 saturated carbocycles. The summed E-state index contributed by atoms with van der Waals surface area (Å²) >= 11 is 0. The van der Waals surface area contributed by atoms with Gasteiger partial charge < -0.3 is 9.88 Å². The zero-order valence-corrected chi connectivity index (χ0v) is 14.7. The number of fused-ring (bicyclic) bond motifs is 1. The SMILES string of the molecule is O=c1[nH]c(CN2CCN(c3ccccc3[N+](=O)[O-])CC2)nc2ccccc12. The maximum atomic E-state index is 12.2. The highest BCUT2D eigenvalue weighted by Crippen LogP contribution is 2.28. The molecule has 1 aliphatic rings. The van der Waals surface area contributed by atoms with Crippen LogP contribution in [0.25, 0.3) is 10.9 Å². The number of piperazine rings is 1. The summed E-state index contributed by atoms with van der Waals surface area (Å²) in [4.78, 5) is 34.7. The number of aromatic amines is 1. The molecule has 0 radical (unpaired) electrons. The van der Waals surface area contributed by atoms with E-state index in [0.29, 0.717) is 42.0 Å². The van der Waals surface area contributed by atoms with Crippen molar-refractivity contribution in [3.05, 3.63) is 74.8 Å². The topological polar surface area (TPSA) is 95.4 Å². The van der Waals surface area contributed by atoms with Crippen molar-refractivity contribution in [2.24, 2.45) is 0 Å². The molecule has 0 aliphatic carbocycles. The number of nitrogens with one attached hydrogen (secondary N) is 1. The second-order valence-electron chi connectivity index (χ2n) is 6.54. The molecule has 1 fully saturated rings. The molecule has 2 heterocycles. The molecule has 1 aromatic heterocycles. The molecule has 8 heteroatoms. The smallest absolute Gasteiger partial charge is 0.292 e. The van der Waals surface area contributed by atoms with Crippen molar-refractivity contribution in [1.29, 1.82) is 0 Å². The van der Waals surface area contributed by atoms with E-state index in [1.807, 2.05) is 29.2 Å². The molecule has 138 valence electrons. The van der Waals surface area contributed by atoms with Crippen molar-refractivity contribution >= 4 is 22.3 Å². The molecule has 2 aromatic carbocycles. The van der Waals surface area contributed by atoms with Crippen molar-refractivity contribution < 1.29 is 4.92 Å². The van der Waals surface area contributed by atoms with Crippen LogP contribution in [0, 0.1) is 10.1 Å². The van der Waals surface area contributed by atoms with E-state index >= 15 is 0 Å². The first-order valence-corrected chi connectivity index (χ1v) is 8.80. The molecular formula is C19H19N5O3. The Morgan fingerprint density at radius 2 is 1.74 bits per heavy atom. The largest absolute Gasteiger partial charge is 0.363 e. The number of H-pyrrole nitrogens is 1. The van der Waals surface area contributed by atoms with Crippen LogP contribution in [-0.2, 0) is 6.54 Å². The number of nitrogens with zero attached hydrogens (tertiary/aromatic N) is 4. The molecule has 3 aromatic rings. The first-order valence-electron chi connectivity index (χ1n) is 8.80. The summed E-state index contributed by atoms with van der Waals surface area (Å²) in [5, 5.41) is 11.8. The number of aromatic nitrogens is 2. The lowest BCUT2D eigenvalue weighted by molar-refractivity contribution is -0.384. The van der Waals surface area contributed by atoms with E-state index in [-0.39, 0.29) is 16.2 Å². The maximum absolute atomic E-state index is 12.2. The molecule has 4 rings (SSSR count). The number of para-hydroxylation sites is 3. The van der Waals surface area contributed by atoms with Crippen LogP contribution in [0.3, 0.4) is 0 Å². The summed E-state index contributed by atoms with van der Waals surface area (Å²) in [6, 6.07) is 14.1. The highest BCUT2D eigenvalue weighted by atomic mass is 16.6. The fraction of sp³-hybridized carbons (Fsp3) is 0.263. The minimum atomic E-state index is -0.342. The minimum absolute atomic E-state index is 0.130. The molecule has 0 unspecified atom stereocenters. The first-order chi connectivity index (χ1) is 13.1. The Morgan fingerprint density at radius 1 is 1.04 bits per heavy atom. The lowest BCUT2D eigenvalue weighted by Crippen LogP contribution is -2.46. The van der Waals surface area contributed by atoms with Crippen LogP contribution in [0.2, 0.25) is 0 Å². The Bertz CT molecular complexity index is 1040. The lowest BCUT2D eigenvalue weighted by Gasteiger charge is -2.35. The van der Waals surface area contributed by atoms with E-state index in [9.17, 15) is 14.9 Å². The number of anilines is 1. The van der Waals surface area contributed by atoms with Crippen molar-refractivity contribution in [3.8, 4) is 0 Å². The van der Waals surface area contributed by atoms with Gasteiger partial charge in [-0.2, -0.15) is 0 Å². The second-order valence-corrected chi connectivity index (χ2v) is 6.54. The normalized spacial score (nSPS) is 15.2. The van der Waals surface area contributed by atoms with Crippen LogP contribution in [-0.4, -0.2) is 46.0 Å². The summed E-state index contributed by atoms with van der Waals surface area (Å²) < 4.78 is 0. The van der Waals surface area contributed by atoms with Gasteiger partial charge in [-0.1, -0.05) is 24.3 Å². The summed E-state index contributed by atoms with van der Waals surface area (Å²) in [7, 11) is 0. The summed E-state index contributed by atoms with van der Waals surface area (Å²) in [6.45, 7) is 3.39. The number of hydrogen-bond donors (Lipinski definition) is 1. The van der Waals surface area contributed by atoms with Gasteiger partial charge in [-0.3, -0.25) is 19.8 Å². The Kier molecular flexibility index (Phi) is 4.55. The predicted molar refractivity (Wildman–Crippen MR) is 103 cm³/mol. The third-order valence-electron chi connectivity index (χ3n) is 4.83. The number of rotatable bonds is 4. The van der Waals surface area contributed by atoms with Crippen LogP contribution >= 0.6 is 0 Å². The van der Waals surface area contributed by atoms with Crippen molar-refractivity contribution in [3.63, 3.8) is 0 Å². The molecular weight excluding hydrogens is 346 g/mol. The number of nitro benzene ring substituents is 1. The van der Waals surface area contributed by atoms with Gasteiger partial charge in [0.15, 0.2) is 0 Å². The van der Waals surface area contributed by atoms with Crippen LogP contribution < -0.4 is 10.5 Å². The molecule has 27 heavy (non-hydrogen) atoms. The third-order valence-corrected chi connectivity index (χ3v) is 4.83. The molecule has 0 atom stereocenters. The van der Waals surface area contributed by atoms with Crippen molar-refractivity contribution in [2.45, 2.75) is 6.54 Å². The van der Waals surface area contributed by atoms with Gasteiger partial charge in [0.05, 0.1) is 22.4 Å². The summed E-state index contributed by atoms with van der Waals surface area (Å²) in [6.07, 6.45) is 0. The predicted octanol–water partition coefficient (Wildman–Crippen LogP) is 2.15. The van der Waals surface area contributed by atoms with Gasteiger partial charge in [0.1, 0.15) is 11.5 Å². The van der Waals surface area contributed by atoms with Crippen LogP contribution in [0.5, 0.6) is 0 Å². The van der Waals surface area contributed by atoms with Crippen molar-refractivity contribution in [1.82, 2.24) is 14.9 Å². The Morgan fingerprint density at radius 3 is 2.52 bits per heavy atom. The van der Waals surface area contributed by atoms with E-state index in [1.54, 1.807) is 18.2 Å². The molecule has 1 aliphatic heterocycles. The average molecular weight is 365 g/mol. The Labute approximate surface area is 155 Å². The molecule has 1 saturated heterocycles. The maximum Gasteiger partial charge on any atom is 0.292 e. The highest BCUT2D eigenvalue weighted by molar-refractivity contribution is 5.77. The van der Waals surface area contributed by atoms with E-state index in [2.05, 4.69) is 14.9 Å². The zero-order valence-electron chi connectivity index (χ0n) is 14.7. The number of hydrogen-bond acceptors (Lipinski definition) is 6. The van der Waals surface area contributed by atoms with Gasteiger partial charge in [0.2, 0.25) is 0 Å². The van der Waals surface area contributed by atoms with Crippen LogP contribution in [0.4, 0.5) is 11.4 Å². The minimum Gasteiger partial charge on any atom is -0.363 e. The number of benzene rings is 2. The quantitative estimate of drug-likeness (QED) is 0.562. The first kappa shape index (κ1) is 17.2. The van der Waals surface area contributed by atoms with E-state index in [1.165, 1.54) is 6.07 Å². The van der Waals surface area contributed by atoms with Gasteiger partial charge >= 0.3 is 0 Å². The second kappa shape index (κ2) is 7.16. The van der Waals surface area contributed by atoms with Gasteiger partial charge in [-0.25, -0.2) is 4.98 Å². The molecule has 8 nitrogen and oxygen atoms in total. The Balaban J connectivity index is 1.46. The fourth-order valence-electron chi connectivity index (χ4n) is 3.45. The third kappa shape index (κ3) is 3.52. The molecule has 1 N–H and O–H groups in total. The highest BCUT2D eigenvalue weighted by Gasteiger charge is 2.23. The average Bonchev–Trinajstić information content (AvgIpc) is 2.69. The van der Waals surface area contributed by atoms with Gasteiger partial charge in [-0.05, 0) is 18.2 Å². The molecule has 0 bridgehead atoms.